The largest absolute Gasteiger partial charge is 0.346 e. The summed E-state index contributed by atoms with van der Waals surface area (Å²) in [6, 6.07) is 20.4. The van der Waals surface area contributed by atoms with Crippen molar-refractivity contribution in [2.75, 3.05) is 5.32 Å². The van der Waals surface area contributed by atoms with E-state index in [-0.39, 0.29) is 17.9 Å². The molecule has 0 fully saturated rings. The molecule has 1 unspecified atom stereocenters. The fourth-order valence-electron chi connectivity index (χ4n) is 2.54. The first-order chi connectivity index (χ1) is 13.1. The van der Waals surface area contributed by atoms with Gasteiger partial charge in [-0.1, -0.05) is 36.4 Å². The Hall–Kier alpha value is -3.18. The predicted octanol–water partition coefficient (Wildman–Crippen LogP) is 4.89. The number of anilines is 1. The third kappa shape index (κ3) is 5.39. The van der Waals surface area contributed by atoms with Crippen LogP contribution in [0.3, 0.4) is 0 Å². The van der Waals surface area contributed by atoms with Crippen molar-refractivity contribution in [1.29, 1.82) is 0 Å². The Morgan fingerprint density at radius 3 is 2.37 bits per heavy atom. The number of nitrogens with one attached hydrogen (secondary N) is 2. The topological polar surface area (TPSA) is 58.2 Å². The molecule has 4 nitrogen and oxygen atoms in total. The van der Waals surface area contributed by atoms with E-state index in [1.807, 2.05) is 54.8 Å². The summed E-state index contributed by atoms with van der Waals surface area (Å²) in [5, 5.41) is 7.71. The van der Waals surface area contributed by atoms with Gasteiger partial charge in [-0.15, -0.1) is 11.3 Å². The Morgan fingerprint density at radius 1 is 0.963 bits per heavy atom. The SMILES string of the molecule is CC(NC(=O)c1ccc(NC(=O)/C=C/c2cccs2)cc1)c1ccccc1. The van der Waals surface area contributed by atoms with E-state index in [2.05, 4.69) is 10.6 Å². The maximum atomic E-state index is 12.4. The number of amides is 2. The van der Waals surface area contributed by atoms with Crippen LogP contribution < -0.4 is 10.6 Å². The van der Waals surface area contributed by atoms with Gasteiger partial charge in [0.15, 0.2) is 0 Å². The molecule has 5 heteroatoms. The van der Waals surface area contributed by atoms with Crippen LogP contribution in [0.15, 0.2) is 78.2 Å². The van der Waals surface area contributed by atoms with Gasteiger partial charge in [-0.2, -0.15) is 0 Å². The molecule has 0 aliphatic heterocycles. The van der Waals surface area contributed by atoms with E-state index in [4.69, 9.17) is 0 Å². The Kier molecular flexibility index (Phi) is 6.18. The smallest absolute Gasteiger partial charge is 0.251 e. The molecule has 3 rings (SSSR count). The maximum Gasteiger partial charge on any atom is 0.251 e. The minimum absolute atomic E-state index is 0.0829. The van der Waals surface area contributed by atoms with Gasteiger partial charge in [0, 0.05) is 22.2 Å². The van der Waals surface area contributed by atoms with Crippen LogP contribution in [0.1, 0.15) is 33.8 Å². The Labute approximate surface area is 162 Å². The van der Waals surface area contributed by atoms with Gasteiger partial charge in [0.1, 0.15) is 0 Å². The molecule has 0 saturated heterocycles. The van der Waals surface area contributed by atoms with Crippen LogP contribution in [-0.2, 0) is 4.79 Å². The zero-order chi connectivity index (χ0) is 19.1. The predicted molar refractivity (Wildman–Crippen MR) is 111 cm³/mol. The Morgan fingerprint density at radius 2 is 1.70 bits per heavy atom. The van der Waals surface area contributed by atoms with Crippen LogP contribution in [0, 0.1) is 0 Å². The Balaban J connectivity index is 1.56. The van der Waals surface area contributed by atoms with Crippen molar-refractivity contribution in [3.63, 3.8) is 0 Å². The summed E-state index contributed by atoms with van der Waals surface area (Å²) >= 11 is 1.57. The fourth-order valence-corrected chi connectivity index (χ4v) is 3.16. The molecule has 2 amide bonds. The molecule has 27 heavy (non-hydrogen) atoms. The van der Waals surface area contributed by atoms with Gasteiger partial charge in [-0.05, 0) is 54.3 Å². The lowest BCUT2D eigenvalue weighted by molar-refractivity contribution is -0.111. The lowest BCUT2D eigenvalue weighted by Gasteiger charge is -2.14. The van der Waals surface area contributed by atoms with E-state index >= 15 is 0 Å². The molecule has 3 aromatic rings. The second-order valence-electron chi connectivity index (χ2n) is 6.02. The minimum Gasteiger partial charge on any atom is -0.346 e. The van der Waals surface area contributed by atoms with Crippen LogP contribution in [-0.4, -0.2) is 11.8 Å². The molecule has 0 radical (unpaired) electrons. The summed E-state index contributed by atoms with van der Waals surface area (Å²) in [4.78, 5) is 25.4. The van der Waals surface area contributed by atoms with Crippen LogP contribution in [0.5, 0.6) is 0 Å². The van der Waals surface area contributed by atoms with E-state index in [1.165, 1.54) is 6.08 Å². The van der Waals surface area contributed by atoms with Crippen molar-refractivity contribution in [2.45, 2.75) is 13.0 Å². The second-order valence-corrected chi connectivity index (χ2v) is 7.00. The van der Waals surface area contributed by atoms with Gasteiger partial charge in [0.2, 0.25) is 5.91 Å². The van der Waals surface area contributed by atoms with E-state index in [0.29, 0.717) is 11.3 Å². The lowest BCUT2D eigenvalue weighted by atomic mass is 10.1. The van der Waals surface area contributed by atoms with E-state index in [9.17, 15) is 9.59 Å². The molecular formula is C22H20N2O2S. The highest BCUT2D eigenvalue weighted by Crippen LogP contribution is 2.15. The standard InChI is InChI=1S/C22H20N2O2S/c1-16(17-6-3-2-4-7-17)23-22(26)18-9-11-19(12-10-18)24-21(25)14-13-20-8-5-15-27-20/h2-16H,1H3,(H,23,26)(H,24,25)/b14-13+. The van der Waals surface area contributed by atoms with Gasteiger partial charge >= 0.3 is 0 Å². The number of rotatable bonds is 6. The number of hydrogen-bond acceptors (Lipinski definition) is 3. The summed E-state index contributed by atoms with van der Waals surface area (Å²) in [6.45, 7) is 1.95. The summed E-state index contributed by atoms with van der Waals surface area (Å²) in [5.41, 5.74) is 2.24. The first-order valence-electron chi connectivity index (χ1n) is 8.60. The first-order valence-corrected chi connectivity index (χ1v) is 9.48. The zero-order valence-electron chi connectivity index (χ0n) is 14.9. The molecule has 0 saturated carbocycles. The van der Waals surface area contributed by atoms with Gasteiger partial charge in [-0.3, -0.25) is 9.59 Å². The van der Waals surface area contributed by atoms with Crippen molar-refractivity contribution >= 4 is 34.9 Å². The number of hydrogen-bond donors (Lipinski definition) is 2. The maximum absolute atomic E-state index is 12.4. The minimum atomic E-state index is -0.210. The number of benzene rings is 2. The van der Waals surface area contributed by atoms with Gasteiger partial charge < -0.3 is 10.6 Å². The molecule has 2 N–H and O–H groups in total. The second kappa shape index (κ2) is 8.96. The summed E-state index contributed by atoms with van der Waals surface area (Å²) < 4.78 is 0. The molecule has 2 aromatic carbocycles. The van der Waals surface area contributed by atoms with Gasteiger partial charge in [0.05, 0.1) is 6.04 Å². The molecule has 0 spiro atoms. The monoisotopic (exact) mass is 376 g/mol. The third-order valence-electron chi connectivity index (χ3n) is 4.00. The van der Waals surface area contributed by atoms with Crippen LogP contribution >= 0.6 is 11.3 Å². The van der Waals surface area contributed by atoms with Crippen LogP contribution in [0.2, 0.25) is 0 Å². The van der Waals surface area contributed by atoms with Crippen molar-refractivity contribution in [2.24, 2.45) is 0 Å². The third-order valence-corrected chi connectivity index (χ3v) is 4.84. The summed E-state index contributed by atoms with van der Waals surface area (Å²) in [6.07, 6.45) is 3.26. The molecule has 1 atom stereocenters. The summed E-state index contributed by atoms with van der Waals surface area (Å²) in [7, 11) is 0. The number of carbonyl (C=O) groups is 2. The molecule has 0 aliphatic carbocycles. The average Bonchev–Trinajstić information content (AvgIpc) is 3.21. The highest BCUT2D eigenvalue weighted by molar-refractivity contribution is 7.10. The fraction of sp³-hybridized carbons (Fsp3) is 0.0909. The molecule has 0 aliphatic rings. The van der Waals surface area contributed by atoms with Crippen LogP contribution in [0.25, 0.3) is 6.08 Å². The van der Waals surface area contributed by atoms with Crippen molar-refractivity contribution in [3.05, 3.63) is 94.2 Å². The summed E-state index contributed by atoms with van der Waals surface area (Å²) in [5.74, 6) is -0.361. The van der Waals surface area contributed by atoms with E-state index < -0.39 is 0 Å². The molecule has 1 heterocycles. The highest BCUT2D eigenvalue weighted by atomic mass is 32.1. The highest BCUT2D eigenvalue weighted by Gasteiger charge is 2.11. The zero-order valence-corrected chi connectivity index (χ0v) is 15.7. The number of carbonyl (C=O) groups excluding carboxylic acids is 2. The molecule has 0 bridgehead atoms. The van der Waals surface area contributed by atoms with Crippen LogP contribution in [0.4, 0.5) is 5.69 Å². The molecular weight excluding hydrogens is 356 g/mol. The van der Waals surface area contributed by atoms with Crippen molar-refractivity contribution in [1.82, 2.24) is 5.32 Å². The number of thiophene rings is 1. The quantitative estimate of drug-likeness (QED) is 0.602. The normalized spacial score (nSPS) is 11.9. The lowest BCUT2D eigenvalue weighted by Crippen LogP contribution is -2.26. The van der Waals surface area contributed by atoms with E-state index in [1.54, 1.807) is 41.7 Å². The van der Waals surface area contributed by atoms with Crippen molar-refractivity contribution in [3.8, 4) is 0 Å². The Bertz CT molecular complexity index is 917. The van der Waals surface area contributed by atoms with E-state index in [0.717, 1.165) is 10.4 Å². The average molecular weight is 376 g/mol. The van der Waals surface area contributed by atoms with Crippen molar-refractivity contribution < 1.29 is 9.59 Å². The molecule has 136 valence electrons. The first kappa shape index (κ1) is 18.6. The van der Waals surface area contributed by atoms with Gasteiger partial charge in [0.25, 0.3) is 5.91 Å². The van der Waals surface area contributed by atoms with Gasteiger partial charge in [-0.25, -0.2) is 0 Å². The molecule has 1 aromatic heterocycles.